The lowest BCUT2D eigenvalue weighted by Gasteiger charge is -2.15. The van der Waals surface area contributed by atoms with Crippen molar-refractivity contribution in [3.63, 3.8) is 0 Å². The molecule has 0 aromatic heterocycles. The van der Waals surface area contributed by atoms with Crippen molar-refractivity contribution in [2.45, 2.75) is 19.4 Å². The van der Waals surface area contributed by atoms with E-state index in [1.165, 1.54) is 7.11 Å². The Hall–Kier alpha value is -1.39. The number of carbonyl (C=O) groups is 1. The van der Waals surface area contributed by atoms with E-state index in [-0.39, 0.29) is 18.6 Å². The lowest BCUT2D eigenvalue weighted by atomic mass is 10.1. The van der Waals surface area contributed by atoms with Crippen LogP contribution in [0, 0.1) is 6.92 Å². The Morgan fingerprint density at radius 2 is 2.18 bits per heavy atom. The number of ether oxygens (including phenoxy) is 1. The zero-order chi connectivity index (χ0) is 12.7. The molecular weight excluding hydrogens is 218 g/mol. The van der Waals surface area contributed by atoms with Gasteiger partial charge in [-0.15, -0.1) is 0 Å². The Morgan fingerprint density at radius 3 is 2.76 bits per heavy atom. The van der Waals surface area contributed by atoms with Crippen LogP contribution in [0.3, 0.4) is 0 Å². The van der Waals surface area contributed by atoms with E-state index >= 15 is 0 Å². The molecule has 2 N–H and O–H groups in total. The summed E-state index contributed by atoms with van der Waals surface area (Å²) in [5, 5.41) is 11.8. The van der Waals surface area contributed by atoms with Crippen molar-refractivity contribution in [3.8, 4) is 0 Å². The number of hydrogen-bond acceptors (Lipinski definition) is 3. The van der Waals surface area contributed by atoms with Gasteiger partial charge in [-0.05, 0) is 18.1 Å². The molecule has 1 aromatic carbocycles. The summed E-state index contributed by atoms with van der Waals surface area (Å²) in [6.45, 7) is 2.17. The maximum Gasteiger partial charge on any atom is 0.224 e. The minimum absolute atomic E-state index is 0.101. The smallest absolute Gasteiger partial charge is 0.224 e. The summed E-state index contributed by atoms with van der Waals surface area (Å²) in [5.41, 5.74) is 2.09. The molecule has 0 aliphatic carbocycles. The van der Waals surface area contributed by atoms with E-state index < -0.39 is 0 Å². The Labute approximate surface area is 102 Å². The molecule has 4 heteroatoms. The highest BCUT2D eigenvalue weighted by molar-refractivity contribution is 5.79. The maximum atomic E-state index is 11.7. The van der Waals surface area contributed by atoms with Gasteiger partial charge in [0, 0.05) is 7.11 Å². The second-order valence-corrected chi connectivity index (χ2v) is 4.01. The molecule has 1 rings (SSSR count). The number of aryl methyl sites for hydroxylation is 1. The van der Waals surface area contributed by atoms with Crippen LogP contribution >= 0.6 is 0 Å². The van der Waals surface area contributed by atoms with Gasteiger partial charge in [-0.2, -0.15) is 0 Å². The number of amides is 1. The fourth-order valence-corrected chi connectivity index (χ4v) is 1.60. The van der Waals surface area contributed by atoms with Crippen LogP contribution in [0.4, 0.5) is 0 Å². The van der Waals surface area contributed by atoms with Crippen LogP contribution in [0.1, 0.15) is 11.1 Å². The molecule has 0 bridgehead atoms. The van der Waals surface area contributed by atoms with Gasteiger partial charge in [0.25, 0.3) is 0 Å². The topological polar surface area (TPSA) is 58.6 Å². The van der Waals surface area contributed by atoms with Gasteiger partial charge in [0.1, 0.15) is 0 Å². The number of nitrogens with one attached hydrogen (secondary N) is 1. The summed E-state index contributed by atoms with van der Waals surface area (Å²) >= 11 is 0. The van der Waals surface area contributed by atoms with Crippen molar-refractivity contribution in [2.24, 2.45) is 0 Å². The first kappa shape index (κ1) is 13.7. The Morgan fingerprint density at radius 1 is 1.47 bits per heavy atom. The number of aliphatic hydroxyl groups excluding tert-OH is 1. The first-order valence-electron chi connectivity index (χ1n) is 5.61. The van der Waals surface area contributed by atoms with Crippen LogP contribution in [-0.2, 0) is 16.0 Å². The highest BCUT2D eigenvalue weighted by Gasteiger charge is 2.11. The lowest BCUT2D eigenvalue weighted by Crippen LogP contribution is -2.41. The highest BCUT2D eigenvalue weighted by Crippen LogP contribution is 2.07. The predicted octanol–water partition coefficient (Wildman–Crippen LogP) is 0.661. The number of aliphatic hydroxyl groups is 1. The highest BCUT2D eigenvalue weighted by atomic mass is 16.5. The van der Waals surface area contributed by atoms with Crippen molar-refractivity contribution in [1.82, 2.24) is 5.32 Å². The van der Waals surface area contributed by atoms with Gasteiger partial charge in [0.2, 0.25) is 5.91 Å². The number of methoxy groups -OCH3 is 1. The van der Waals surface area contributed by atoms with Crippen LogP contribution < -0.4 is 5.32 Å². The fraction of sp³-hybridized carbons (Fsp3) is 0.462. The largest absolute Gasteiger partial charge is 0.394 e. The van der Waals surface area contributed by atoms with Crippen molar-refractivity contribution in [2.75, 3.05) is 20.3 Å². The van der Waals surface area contributed by atoms with Crippen molar-refractivity contribution in [3.05, 3.63) is 35.4 Å². The van der Waals surface area contributed by atoms with Crippen LogP contribution in [0.15, 0.2) is 24.3 Å². The Bertz CT molecular complexity index is 365. The Balaban J connectivity index is 2.52. The molecule has 17 heavy (non-hydrogen) atoms. The summed E-state index contributed by atoms with van der Waals surface area (Å²) in [4.78, 5) is 11.7. The molecule has 0 saturated carbocycles. The number of rotatable bonds is 6. The molecule has 0 fully saturated rings. The number of hydrogen-bond donors (Lipinski definition) is 2. The molecule has 1 atom stereocenters. The number of benzene rings is 1. The van der Waals surface area contributed by atoms with Crippen molar-refractivity contribution in [1.29, 1.82) is 0 Å². The number of carbonyl (C=O) groups excluding carboxylic acids is 1. The first-order chi connectivity index (χ1) is 8.17. The summed E-state index contributed by atoms with van der Waals surface area (Å²) in [6.07, 6.45) is 0.326. The minimum Gasteiger partial charge on any atom is -0.394 e. The molecular formula is C13H19NO3. The molecule has 0 radical (unpaired) electrons. The third-order valence-corrected chi connectivity index (χ3v) is 2.57. The zero-order valence-corrected chi connectivity index (χ0v) is 10.3. The molecule has 94 valence electrons. The van der Waals surface area contributed by atoms with Gasteiger partial charge in [-0.1, -0.05) is 24.3 Å². The van der Waals surface area contributed by atoms with E-state index in [2.05, 4.69) is 5.32 Å². The molecule has 1 unspecified atom stereocenters. The van der Waals surface area contributed by atoms with Crippen LogP contribution in [0.5, 0.6) is 0 Å². The SMILES string of the molecule is COCC(CO)NC(=O)Cc1ccccc1C. The summed E-state index contributed by atoms with van der Waals surface area (Å²) in [6, 6.07) is 7.42. The van der Waals surface area contributed by atoms with E-state index in [0.717, 1.165) is 11.1 Å². The van der Waals surface area contributed by atoms with Gasteiger partial charge < -0.3 is 15.2 Å². The fourth-order valence-electron chi connectivity index (χ4n) is 1.60. The molecule has 0 spiro atoms. The first-order valence-corrected chi connectivity index (χ1v) is 5.61. The monoisotopic (exact) mass is 237 g/mol. The second-order valence-electron chi connectivity index (χ2n) is 4.01. The third kappa shape index (κ3) is 4.54. The molecule has 0 aliphatic rings. The Kier molecular flexibility index (Phi) is 5.66. The average molecular weight is 237 g/mol. The quantitative estimate of drug-likeness (QED) is 0.764. The zero-order valence-electron chi connectivity index (χ0n) is 10.3. The van der Waals surface area contributed by atoms with Gasteiger partial charge >= 0.3 is 0 Å². The van der Waals surface area contributed by atoms with Gasteiger partial charge in [-0.25, -0.2) is 0 Å². The van der Waals surface area contributed by atoms with Crippen molar-refractivity contribution >= 4 is 5.91 Å². The van der Waals surface area contributed by atoms with Crippen LogP contribution in [-0.4, -0.2) is 37.4 Å². The molecule has 0 aliphatic heterocycles. The van der Waals surface area contributed by atoms with E-state index in [9.17, 15) is 4.79 Å². The van der Waals surface area contributed by atoms with E-state index in [0.29, 0.717) is 13.0 Å². The molecule has 0 saturated heterocycles. The van der Waals surface area contributed by atoms with Crippen molar-refractivity contribution < 1.29 is 14.6 Å². The molecule has 1 aromatic rings. The van der Waals surface area contributed by atoms with E-state index in [1.807, 2.05) is 31.2 Å². The molecule has 1 amide bonds. The molecule has 4 nitrogen and oxygen atoms in total. The van der Waals surface area contributed by atoms with E-state index in [1.54, 1.807) is 0 Å². The third-order valence-electron chi connectivity index (χ3n) is 2.57. The van der Waals surface area contributed by atoms with Gasteiger partial charge in [-0.3, -0.25) is 4.79 Å². The average Bonchev–Trinajstić information content (AvgIpc) is 2.31. The van der Waals surface area contributed by atoms with Crippen LogP contribution in [0.2, 0.25) is 0 Å². The summed E-state index contributed by atoms with van der Waals surface area (Å²) in [7, 11) is 1.54. The standard InChI is InChI=1S/C13H19NO3/c1-10-5-3-4-6-11(10)7-13(16)14-12(8-15)9-17-2/h3-6,12,15H,7-9H2,1-2H3,(H,14,16). The normalized spacial score (nSPS) is 12.2. The summed E-state index contributed by atoms with van der Waals surface area (Å²) < 4.78 is 4.89. The van der Waals surface area contributed by atoms with Crippen LogP contribution in [0.25, 0.3) is 0 Å². The second kappa shape index (κ2) is 7.04. The molecule has 0 heterocycles. The van der Waals surface area contributed by atoms with Gasteiger partial charge in [0.15, 0.2) is 0 Å². The minimum atomic E-state index is -0.337. The maximum absolute atomic E-state index is 11.7. The van der Waals surface area contributed by atoms with Gasteiger partial charge in [0.05, 0.1) is 25.7 Å². The summed E-state index contributed by atoms with van der Waals surface area (Å²) in [5.74, 6) is -0.101. The predicted molar refractivity (Wildman–Crippen MR) is 65.8 cm³/mol. The lowest BCUT2D eigenvalue weighted by molar-refractivity contribution is -0.121. The van der Waals surface area contributed by atoms with E-state index in [4.69, 9.17) is 9.84 Å².